The normalized spacial score (nSPS) is 12.6. The number of rotatable bonds is 4. The number of hydrogen-bond donors (Lipinski definition) is 3. The summed E-state index contributed by atoms with van der Waals surface area (Å²) in [5.41, 5.74) is 6.25. The molecule has 0 fully saturated rings. The summed E-state index contributed by atoms with van der Waals surface area (Å²) in [6.45, 7) is 5.13. The highest BCUT2D eigenvalue weighted by Crippen LogP contribution is 2.10. The Hall–Kier alpha value is -2.24. The minimum Gasteiger partial charge on any atom is -0.480 e. The minimum atomic E-state index is -1.12. The Morgan fingerprint density at radius 1 is 1.30 bits per heavy atom. The first-order chi connectivity index (χ1) is 9.17. The van der Waals surface area contributed by atoms with Crippen LogP contribution in [-0.4, -0.2) is 28.8 Å². The van der Waals surface area contributed by atoms with Gasteiger partial charge in [-0.25, -0.2) is 9.59 Å². The fourth-order valence-corrected chi connectivity index (χ4v) is 1.54. The van der Waals surface area contributed by atoms with Gasteiger partial charge in [-0.2, -0.15) is 0 Å². The Morgan fingerprint density at radius 2 is 1.85 bits per heavy atom. The molecule has 1 aromatic rings. The predicted molar refractivity (Wildman–Crippen MR) is 75.4 cm³/mol. The molecule has 1 unspecified atom stereocenters. The number of anilines is 1. The van der Waals surface area contributed by atoms with Crippen molar-refractivity contribution in [2.45, 2.75) is 38.8 Å². The van der Waals surface area contributed by atoms with Gasteiger partial charge < -0.3 is 20.9 Å². The summed E-state index contributed by atoms with van der Waals surface area (Å²) in [7, 11) is 0. The number of carboxylic acids is 1. The van der Waals surface area contributed by atoms with Gasteiger partial charge in [-0.1, -0.05) is 12.1 Å². The molecule has 0 heterocycles. The second-order valence-corrected chi connectivity index (χ2v) is 5.48. The van der Waals surface area contributed by atoms with Gasteiger partial charge in [-0.3, -0.25) is 0 Å². The molecule has 1 atom stereocenters. The molecule has 0 aliphatic heterocycles. The van der Waals surface area contributed by atoms with E-state index >= 15 is 0 Å². The van der Waals surface area contributed by atoms with Gasteiger partial charge >= 0.3 is 12.1 Å². The summed E-state index contributed by atoms with van der Waals surface area (Å²) in [5, 5.41) is 11.5. The van der Waals surface area contributed by atoms with Crippen LogP contribution >= 0.6 is 0 Å². The summed E-state index contributed by atoms with van der Waals surface area (Å²) >= 11 is 0. The van der Waals surface area contributed by atoms with E-state index in [-0.39, 0.29) is 6.42 Å². The molecule has 4 N–H and O–H groups in total. The standard InChI is InChI=1S/C14H20N2O4/c1-14(2,3)20-13(19)16-11(12(17)18)8-9-4-6-10(15)7-5-9/h4-7,11H,8,15H2,1-3H3,(H,16,19)(H,17,18). The zero-order valence-electron chi connectivity index (χ0n) is 11.8. The van der Waals surface area contributed by atoms with Crippen molar-refractivity contribution in [3.63, 3.8) is 0 Å². The van der Waals surface area contributed by atoms with Crippen LogP contribution in [0.5, 0.6) is 0 Å². The zero-order chi connectivity index (χ0) is 15.3. The quantitative estimate of drug-likeness (QED) is 0.730. The van der Waals surface area contributed by atoms with E-state index in [0.29, 0.717) is 5.69 Å². The fraction of sp³-hybridized carbons (Fsp3) is 0.429. The van der Waals surface area contributed by atoms with Crippen molar-refractivity contribution in [3.8, 4) is 0 Å². The smallest absolute Gasteiger partial charge is 0.408 e. The number of hydrogen-bond acceptors (Lipinski definition) is 4. The van der Waals surface area contributed by atoms with E-state index in [1.165, 1.54) is 0 Å². The maximum atomic E-state index is 11.6. The molecular formula is C14H20N2O4. The number of alkyl carbamates (subject to hydrolysis) is 1. The highest BCUT2D eigenvalue weighted by molar-refractivity contribution is 5.80. The number of nitrogens with one attached hydrogen (secondary N) is 1. The number of amides is 1. The van der Waals surface area contributed by atoms with E-state index in [2.05, 4.69) is 5.32 Å². The van der Waals surface area contributed by atoms with Crippen LogP contribution in [0.25, 0.3) is 0 Å². The molecule has 0 aliphatic rings. The highest BCUT2D eigenvalue weighted by atomic mass is 16.6. The van der Waals surface area contributed by atoms with Crippen molar-refractivity contribution in [1.29, 1.82) is 0 Å². The third kappa shape index (κ3) is 5.60. The monoisotopic (exact) mass is 280 g/mol. The van der Waals surface area contributed by atoms with Crippen LogP contribution in [0.2, 0.25) is 0 Å². The maximum absolute atomic E-state index is 11.6. The van der Waals surface area contributed by atoms with Crippen LogP contribution < -0.4 is 11.1 Å². The minimum absolute atomic E-state index is 0.162. The lowest BCUT2D eigenvalue weighted by atomic mass is 10.1. The number of aliphatic carboxylic acids is 1. The SMILES string of the molecule is CC(C)(C)OC(=O)NC(Cc1ccc(N)cc1)C(=O)O. The Morgan fingerprint density at radius 3 is 2.30 bits per heavy atom. The van der Waals surface area contributed by atoms with Crippen molar-refractivity contribution in [2.75, 3.05) is 5.73 Å². The van der Waals surface area contributed by atoms with Crippen molar-refractivity contribution in [2.24, 2.45) is 0 Å². The molecule has 0 aliphatic carbocycles. The van der Waals surface area contributed by atoms with Crippen LogP contribution in [0.4, 0.5) is 10.5 Å². The van der Waals surface area contributed by atoms with E-state index in [9.17, 15) is 9.59 Å². The van der Waals surface area contributed by atoms with Gasteiger partial charge in [0.05, 0.1) is 0 Å². The number of nitrogen functional groups attached to an aromatic ring is 1. The molecule has 0 saturated carbocycles. The number of carbonyl (C=O) groups is 2. The maximum Gasteiger partial charge on any atom is 0.408 e. The number of carbonyl (C=O) groups excluding carboxylic acids is 1. The number of carboxylic acid groups (broad SMARTS) is 1. The lowest BCUT2D eigenvalue weighted by Gasteiger charge is -2.22. The van der Waals surface area contributed by atoms with Crippen LogP contribution in [-0.2, 0) is 16.0 Å². The molecule has 0 spiro atoms. The lowest BCUT2D eigenvalue weighted by Crippen LogP contribution is -2.44. The molecule has 1 amide bonds. The zero-order valence-corrected chi connectivity index (χ0v) is 11.8. The summed E-state index contributed by atoms with van der Waals surface area (Å²) < 4.78 is 5.04. The Kier molecular flexibility index (Phi) is 4.96. The van der Waals surface area contributed by atoms with Crippen molar-refractivity contribution in [3.05, 3.63) is 29.8 Å². The largest absolute Gasteiger partial charge is 0.480 e. The average molecular weight is 280 g/mol. The van der Waals surface area contributed by atoms with Crippen LogP contribution in [0.15, 0.2) is 24.3 Å². The second kappa shape index (κ2) is 6.27. The molecule has 0 saturated heterocycles. The van der Waals surface area contributed by atoms with Gasteiger partial charge in [0, 0.05) is 12.1 Å². The fourth-order valence-electron chi connectivity index (χ4n) is 1.54. The third-order valence-corrected chi connectivity index (χ3v) is 2.41. The highest BCUT2D eigenvalue weighted by Gasteiger charge is 2.24. The number of nitrogens with two attached hydrogens (primary N) is 1. The Labute approximate surface area is 117 Å². The Balaban J connectivity index is 2.68. The van der Waals surface area contributed by atoms with Crippen molar-refractivity contribution < 1.29 is 19.4 Å². The van der Waals surface area contributed by atoms with Gasteiger partial charge in [0.1, 0.15) is 11.6 Å². The second-order valence-electron chi connectivity index (χ2n) is 5.48. The van der Waals surface area contributed by atoms with Gasteiger partial charge in [0.15, 0.2) is 0 Å². The molecule has 1 rings (SSSR count). The molecular weight excluding hydrogens is 260 g/mol. The summed E-state index contributed by atoms with van der Waals surface area (Å²) in [6.07, 6.45) is -0.588. The first kappa shape index (κ1) is 15.8. The van der Waals surface area contributed by atoms with Crippen LogP contribution in [0.3, 0.4) is 0 Å². The first-order valence-corrected chi connectivity index (χ1v) is 6.24. The summed E-state index contributed by atoms with van der Waals surface area (Å²) in [5.74, 6) is -1.12. The molecule has 20 heavy (non-hydrogen) atoms. The molecule has 1 aromatic carbocycles. The average Bonchev–Trinajstić information content (AvgIpc) is 2.28. The van der Waals surface area contributed by atoms with Crippen LogP contribution in [0, 0.1) is 0 Å². The van der Waals surface area contributed by atoms with Gasteiger partial charge in [-0.15, -0.1) is 0 Å². The van der Waals surface area contributed by atoms with Gasteiger partial charge in [-0.05, 0) is 38.5 Å². The number of benzene rings is 1. The summed E-state index contributed by atoms with van der Waals surface area (Å²) in [4.78, 5) is 22.8. The molecule has 110 valence electrons. The van der Waals surface area contributed by atoms with Crippen molar-refractivity contribution in [1.82, 2.24) is 5.32 Å². The molecule has 6 nitrogen and oxygen atoms in total. The molecule has 6 heteroatoms. The molecule has 0 radical (unpaired) electrons. The molecule has 0 aromatic heterocycles. The molecule has 0 bridgehead atoms. The van der Waals surface area contributed by atoms with E-state index in [1.54, 1.807) is 45.0 Å². The number of ether oxygens (including phenoxy) is 1. The van der Waals surface area contributed by atoms with E-state index < -0.39 is 23.7 Å². The summed E-state index contributed by atoms with van der Waals surface area (Å²) in [6, 6.07) is 5.77. The predicted octanol–water partition coefficient (Wildman–Crippen LogP) is 1.79. The Bertz CT molecular complexity index is 477. The van der Waals surface area contributed by atoms with Crippen LogP contribution in [0.1, 0.15) is 26.3 Å². The van der Waals surface area contributed by atoms with Gasteiger partial charge in [0.2, 0.25) is 0 Å². The van der Waals surface area contributed by atoms with E-state index in [0.717, 1.165) is 5.56 Å². The van der Waals surface area contributed by atoms with E-state index in [1.807, 2.05) is 0 Å². The first-order valence-electron chi connectivity index (χ1n) is 6.24. The van der Waals surface area contributed by atoms with Crippen molar-refractivity contribution >= 4 is 17.7 Å². The lowest BCUT2D eigenvalue weighted by molar-refractivity contribution is -0.139. The van der Waals surface area contributed by atoms with E-state index in [4.69, 9.17) is 15.6 Å². The van der Waals surface area contributed by atoms with Gasteiger partial charge in [0.25, 0.3) is 0 Å². The third-order valence-electron chi connectivity index (χ3n) is 2.41. The topological polar surface area (TPSA) is 102 Å².